The Balaban J connectivity index is 1.52. The number of amides is 1. The molecule has 1 N–H and O–H groups in total. The van der Waals surface area contributed by atoms with Crippen LogP contribution in [0.1, 0.15) is 29.7 Å². The third kappa shape index (κ3) is 5.36. The van der Waals surface area contributed by atoms with Gasteiger partial charge in [-0.05, 0) is 55.5 Å². The summed E-state index contributed by atoms with van der Waals surface area (Å²) in [6.07, 6.45) is 7.21. The molecule has 33 heavy (non-hydrogen) atoms. The van der Waals surface area contributed by atoms with Gasteiger partial charge in [0.25, 0.3) is 0 Å². The second-order valence-electron chi connectivity index (χ2n) is 7.68. The maximum absolute atomic E-state index is 12.9. The van der Waals surface area contributed by atoms with Gasteiger partial charge in [-0.3, -0.25) is 14.3 Å². The molecule has 1 aromatic carbocycles. The van der Waals surface area contributed by atoms with Crippen molar-refractivity contribution >= 4 is 23.4 Å². The fourth-order valence-corrected chi connectivity index (χ4v) is 4.81. The summed E-state index contributed by atoms with van der Waals surface area (Å²) in [5, 5.41) is 3.51. The molecule has 0 aliphatic heterocycles. The first-order chi connectivity index (χ1) is 16.1. The number of nitrogens with zero attached hydrogens (tertiary/aromatic N) is 3. The molecule has 172 valence electrons. The number of pyridine rings is 1. The van der Waals surface area contributed by atoms with Crippen LogP contribution in [0.4, 0.5) is 5.69 Å². The molecule has 8 nitrogen and oxygen atoms in total. The van der Waals surface area contributed by atoms with Crippen LogP contribution in [0.3, 0.4) is 0 Å². The predicted octanol–water partition coefficient (Wildman–Crippen LogP) is 3.31. The number of carbonyl (C=O) groups is 1. The summed E-state index contributed by atoms with van der Waals surface area (Å²) >= 11 is 1.30. The van der Waals surface area contributed by atoms with E-state index in [1.807, 2.05) is 12.1 Å². The molecule has 1 amide bonds. The van der Waals surface area contributed by atoms with Crippen molar-refractivity contribution in [3.63, 3.8) is 0 Å². The number of rotatable bonds is 8. The zero-order chi connectivity index (χ0) is 23.2. The van der Waals surface area contributed by atoms with Crippen molar-refractivity contribution in [1.29, 1.82) is 0 Å². The molecule has 2 aromatic heterocycles. The number of thioether (sulfide) groups is 1. The van der Waals surface area contributed by atoms with Crippen LogP contribution in [-0.4, -0.2) is 40.4 Å². The van der Waals surface area contributed by atoms with Gasteiger partial charge in [-0.25, -0.2) is 4.79 Å². The summed E-state index contributed by atoms with van der Waals surface area (Å²) in [6.45, 7) is 0.470. The van der Waals surface area contributed by atoms with E-state index in [9.17, 15) is 9.59 Å². The van der Waals surface area contributed by atoms with E-state index in [0.29, 0.717) is 28.8 Å². The zero-order valence-corrected chi connectivity index (χ0v) is 19.5. The molecule has 0 atom stereocenters. The maximum Gasteiger partial charge on any atom is 0.349 e. The van der Waals surface area contributed by atoms with Gasteiger partial charge in [-0.2, -0.15) is 4.98 Å². The Morgan fingerprint density at radius 1 is 1.12 bits per heavy atom. The highest BCUT2D eigenvalue weighted by molar-refractivity contribution is 8.00. The molecule has 0 unspecified atom stereocenters. The molecular weight excluding hydrogens is 440 g/mol. The van der Waals surface area contributed by atoms with E-state index in [1.54, 1.807) is 49.4 Å². The molecule has 2 heterocycles. The molecule has 0 saturated carbocycles. The number of hydrogen-bond acceptors (Lipinski definition) is 7. The molecule has 0 saturated heterocycles. The Labute approximate surface area is 196 Å². The fourth-order valence-electron chi connectivity index (χ4n) is 3.93. The molecule has 0 radical (unpaired) electrons. The average Bonchev–Trinajstić information content (AvgIpc) is 2.85. The first-order valence-corrected chi connectivity index (χ1v) is 11.7. The molecule has 0 bridgehead atoms. The van der Waals surface area contributed by atoms with Crippen molar-refractivity contribution in [2.24, 2.45) is 0 Å². The van der Waals surface area contributed by atoms with E-state index >= 15 is 0 Å². The van der Waals surface area contributed by atoms with Crippen LogP contribution >= 0.6 is 11.8 Å². The number of aromatic nitrogens is 3. The number of nitrogens with one attached hydrogen (secondary N) is 1. The van der Waals surface area contributed by atoms with Crippen LogP contribution in [0.2, 0.25) is 0 Å². The number of methoxy groups -OCH3 is 2. The molecule has 9 heteroatoms. The molecule has 3 aromatic rings. The minimum Gasteiger partial charge on any atom is -0.497 e. The monoisotopic (exact) mass is 466 g/mol. The third-order valence-electron chi connectivity index (χ3n) is 5.56. The molecule has 4 rings (SSSR count). The Morgan fingerprint density at radius 2 is 1.91 bits per heavy atom. The number of ether oxygens (including phenoxy) is 2. The van der Waals surface area contributed by atoms with Crippen LogP contribution in [0.15, 0.2) is 52.5 Å². The molecule has 0 spiro atoms. The van der Waals surface area contributed by atoms with Crippen molar-refractivity contribution in [1.82, 2.24) is 14.5 Å². The van der Waals surface area contributed by atoms with Gasteiger partial charge in [0, 0.05) is 29.7 Å². The molecule has 0 fully saturated rings. The Kier molecular flexibility index (Phi) is 7.29. The van der Waals surface area contributed by atoms with Crippen molar-refractivity contribution in [2.45, 2.75) is 37.3 Å². The van der Waals surface area contributed by atoms with Gasteiger partial charge in [0.05, 0.1) is 32.2 Å². The second-order valence-corrected chi connectivity index (χ2v) is 8.64. The standard InChI is InChI=1S/C24H26N4O4S/c1-31-17-7-8-21(32-2)19(13-17)26-22(29)15-33-23-18-5-3-4-6-20(18)28(24(30)27-23)14-16-9-11-25-12-10-16/h7-13H,3-6,14-15H2,1-2H3,(H,26,29). The van der Waals surface area contributed by atoms with Crippen LogP contribution in [-0.2, 0) is 24.2 Å². The number of fused-ring (bicyclic) bond motifs is 1. The van der Waals surface area contributed by atoms with E-state index in [0.717, 1.165) is 42.5 Å². The van der Waals surface area contributed by atoms with E-state index in [2.05, 4.69) is 15.3 Å². The van der Waals surface area contributed by atoms with Gasteiger partial charge in [0.15, 0.2) is 0 Å². The smallest absolute Gasteiger partial charge is 0.349 e. The lowest BCUT2D eigenvalue weighted by atomic mass is 9.97. The van der Waals surface area contributed by atoms with Crippen LogP contribution in [0.5, 0.6) is 11.5 Å². The number of benzene rings is 1. The number of anilines is 1. The van der Waals surface area contributed by atoms with Gasteiger partial charge in [-0.1, -0.05) is 11.8 Å². The summed E-state index contributed by atoms with van der Waals surface area (Å²) in [4.78, 5) is 34.0. The molecule has 1 aliphatic carbocycles. The Morgan fingerprint density at radius 3 is 2.67 bits per heavy atom. The predicted molar refractivity (Wildman–Crippen MR) is 127 cm³/mol. The largest absolute Gasteiger partial charge is 0.497 e. The average molecular weight is 467 g/mol. The summed E-state index contributed by atoms with van der Waals surface area (Å²) in [5.74, 6) is 1.09. The van der Waals surface area contributed by atoms with Gasteiger partial charge in [0.2, 0.25) is 5.91 Å². The Hall–Kier alpha value is -3.33. The SMILES string of the molecule is COc1ccc(OC)c(NC(=O)CSc2nc(=O)n(Cc3ccncc3)c3c2CCCC3)c1. The minimum absolute atomic E-state index is 0.133. The fraction of sp³-hybridized carbons (Fsp3) is 0.333. The van der Waals surface area contributed by atoms with E-state index in [-0.39, 0.29) is 17.3 Å². The zero-order valence-electron chi connectivity index (χ0n) is 18.7. The van der Waals surface area contributed by atoms with E-state index in [4.69, 9.17) is 9.47 Å². The highest BCUT2D eigenvalue weighted by Gasteiger charge is 2.21. The first-order valence-electron chi connectivity index (χ1n) is 10.7. The molecular formula is C24H26N4O4S. The van der Waals surface area contributed by atoms with Crippen molar-refractivity contribution in [3.05, 3.63) is 70.0 Å². The highest BCUT2D eigenvalue weighted by atomic mass is 32.2. The minimum atomic E-state index is -0.287. The van der Waals surface area contributed by atoms with Crippen LogP contribution < -0.4 is 20.5 Å². The summed E-state index contributed by atoms with van der Waals surface area (Å²) in [5.41, 5.74) is 3.35. The molecule has 1 aliphatic rings. The van der Waals surface area contributed by atoms with Crippen molar-refractivity contribution in [2.75, 3.05) is 25.3 Å². The maximum atomic E-state index is 12.9. The highest BCUT2D eigenvalue weighted by Crippen LogP contribution is 2.31. The number of hydrogen-bond donors (Lipinski definition) is 1. The lowest BCUT2D eigenvalue weighted by Gasteiger charge is -2.22. The van der Waals surface area contributed by atoms with Crippen LogP contribution in [0, 0.1) is 0 Å². The topological polar surface area (TPSA) is 95.3 Å². The van der Waals surface area contributed by atoms with Crippen molar-refractivity contribution in [3.8, 4) is 11.5 Å². The van der Waals surface area contributed by atoms with Gasteiger partial charge >= 0.3 is 5.69 Å². The van der Waals surface area contributed by atoms with E-state index in [1.165, 1.54) is 11.8 Å². The number of carbonyl (C=O) groups excluding carboxylic acids is 1. The van der Waals surface area contributed by atoms with Gasteiger partial charge in [-0.15, -0.1) is 0 Å². The van der Waals surface area contributed by atoms with Crippen molar-refractivity contribution < 1.29 is 14.3 Å². The van der Waals surface area contributed by atoms with Gasteiger partial charge < -0.3 is 14.8 Å². The summed E-state index contributed by atoms with van der Waals surface area (Å²) < 4.78 is 12.3. The Bertz CT molecular complexity index is 1200. The summed E-state index contributed by atoms with van der Waals surface area (Å²) in [6, 6.07) is 9.02. The second kappa shape index (κ2) is 10.5. The van der Waals surface area contributed by atoms with E-state index < -0.39 is 0 Å². The third-order valence-corrected chi connectivity index (χ3v) is 6.58. The lowest BCUT2D eigenvalue weighted by molar-refractivity contribution is -0.113. The van der Waals surface area contributed by atoms with Gasteiger partial charge in [0.1, 0.15) is 16.5 Å². The van der Waals surface area contributed by atoms with Crippen LogP contribution in [0.25, 0.3) is 0 Å². The lowest BCUT2D eigenvalue weighted by Crippen LogP contribution is -2.30. The quantitative estimate of drug-likeness (QED) is 0.402. The normalized spacial score (nSPS) is 12.7. The first kappa shape index (κ1) is 22.8. The summed E-state index contributed by atoms with van der Waals surface area (Å²) in [7, 11) is 3.11.